The fourth-order valence-corrected chi connectivity index (χ4v) is 5.40. The van der Waals surface area contributed by atoms with Gasteiger partial charge in [-0.1, -0.05) is 68.5 Å². The first kappa shape index (κ1) is 32.0. The monoisotopic (exact) mass is 532 g/mol. The fraction of sp³-hybridized carbons (Fsp3) is 0.500. The molecule has 2 aromatic carbocycles. The number of carbonyl (C=O) groups excluding carboxylic acids is 2. The van der Waals surface area contributed by atoms with Gasteiger partial charge in [0, 0.05) is 18.0 Å². The zero-order valence-electron chi connectivity index (χ0n) is 24.1. The van der Waals surface area contributed by atoms with Crippen molar-refractivity contribution in [2.45, 2.75) is 83.2 Å². The number of thioether (sulfide) groups is 1. The molecule has 0 heterocycles. The first-order valence-corrected chi connectivity index (χ1v) is 14.8. The van der Waals surface area contributed by atoms with Crippen molar-refractivity contribution in [1.82, 2.24) is 10.6 Å². The second-order valence-corrected chi connectivity index (χ2v) is 10.9. The largest absolute Gasteiger partial charge is 1.00 e. The molecule has 1 aliphatic rings. The molecule has 0 radical (unpaired) electrons. The molecule has 1 fully saturated rings. The molecule has 0 unspecified atom stereocenters. The van der Waals surface area contributed by atoms with E-state index in [1.165, 1.54) is 32.1 Å². The van der Waals surface area contributed by atoms with E-state index in [0.29, 0.717) is 30.6 Å². The van der Waals surface area contributed by atoms with Gasteiger partial charge in [0.1, 0.15) is 6.04 Å². The molecule has 1 saturated carbocycles. The number of amides is 2. The van der Waals surface area contributed by atoms with Gasteiger partial charge in [0.25, 0.3) is 5.91 Å². The van der Waals surface area contributed by atoms with Gasteiger partial charge >= 0.3 is 24.8 Å². The van der Waals surface area contributed by atoms with Gasteiger partial charge in [-0.3, -0.25) is 9.59 Å². The summed E-state index contributed by atoms with van der Waals surface area (Å²) >= 11 is 1.55. The molecule has 0 spiro atoms. The molecular formula is C30H41LiN2O4S. The smallest absolute Gasteiger partial charge is 1.00 e. The van der Waals surface area contributed by atoms with Crippen LogP contribution in [-0.2, 0) is 16.0 Å². The van der Waals surface area contributed by atoms with E-state index in [0.717, 1.165) is 35.1 Å². The number of benzene rings is 2. The Hall–Kier alpha value is -2.20. The molecular weight excluding hydrogens is 491 g/mol. The molecule has 0 aromatic heterocycles. The summed E-state index contributed by atoms with van der Waals surface area (Å²) in [6, 6.07) is 12.8. The van der Waals surface area contributed by atoms with Crippen LogP contribution in [0.3, 0.4) is 0 Å². The Balaban J connectivity index is 0.00000380. The van der Waals surface area contributed by atoms with Crippen molar-refractivity contribution in [2.24, 2.45) is 0 Å². The maximum absolute atomic E-state index is 13.2. The summed E-state index contributed by atoms with van der Waals surface area (Å²) in [5.41, 5.74) is 4.10. The van der Waals surface area contributed by atoms with E-state index in [2.05, 4.69) is 10.6 Å². The van der Waals surface area contributed by atoms with Crippen molar-refractivity contribution in [3.05, 3.63) is 59.2 Å². The number of carboxylic acid groups (broad SMARTS) is 1. The summed E-state index contributed by atoms with van der Waals surface area (Å²) in [6.45, 7) is 1.99. The Morgan fingerprint density at radius 2 is 1.71 bits per heavy atom. The van der Waals surface area contributed by atoms with Gasteiger partial charge in [0.05, 0.1) is 0 Å². The van der Waals surface area contributed by atoms with Crippen molar-refractivity contribution in [3.8, 4) is 11.1 Å². The van der Waals surface area contributed by atoms with E-state index in [1.54, 1.807) is 17.8 Å². The van der Waals surface area contributed by atoms with Gasteiger partial charge < -0.3 is 17.2 Å². The molecule has 1 atom stereocenters. The van der Waals surface area contributed by atoms with E-state index in [1.807, 2.05) is 49.6 Å². The number of hydrogen-bond donors (Lipinski definition) is 3. The van der Waals surface area contributed by atoms with Crippen LogP contribution in [0.2, 0.25) is 0 Å². The predicted molar refractivity (Wildman–Crippen MR) is 152 cm³/mol. The zero-order valence-corrected chi connectivity index (χ0v) is 23.9. The maximum atomic E-state index is 13.2. The third-order valence-electron chi connectivity index (χ3n) is 7.09. The minimum atomic E-state index is -1.04. The maximum Gasteiger partial charge on any atom is 1.00 e. The molecule has 38 heavy (non-hydrogen) atoms. The summed E-state index contributed by atoms with van der Waals surface area (Å²) in [5, 5.41) is 15.5. The topological polar surface area (TPSA) is 95.5 Å². The number of rotatable bonds is 11. The second-order valence-electron chi connectivity index (χ2n) is 9.95. The molecule has 2 aromatic rings. The molecule has 0 aliphatic heterocycles. The van der Waals surface area contributed by atoms with Crippen LogP contribution in [-0.4, -0.2) is 47.0 Å². The molecule has 0 saturated heterocycles. The molecule has 202 valence electrons. The van der Waals surface area contributed by atoms with Crippen molar-refractivity contribution < 1.29 is 39.8 Å². The summed E-state index contributed by atoms with van der Waals surface area (Å²) in [4.78, 5) is 37.6. The number of aryl methyl sites for hydroxylation is 2. The normalized spacial score (nSPS) is 14.9. The van der Waals surface area contributed by atoms with Crippen LogP contribution in [0, 0.1) is 6.92 Å². The van der Waals surface area contributed by atoms with Crippen molar-refractivity contribution in [3.63, 3.8) is 0 Å². The Morgan fingerprint density at radius 3 is 2.37 bits per heavy atom. The Morgan fingerprint density at radius 1 is 1.03 bits per heavy atom. The van der Waals surface area contributed by atoms with Crippen molar-refractivity contribution in [1.29, 1.82) is 0 Å². The minimum Gasteiger partial charge on any atom is -1.00 e. The third-order valence-corrected chi connectivity index (χ3v) is 7.73. The van der Waals surface area contributed by atoms with Gasteiger partial charge in [-0.05, 0) is 72.9 Å². The molecule has 6 nitrogen and oxygen atoms in total. The summed E-state index contributed by atoms with van der Waals surface area (Å²) in [5.74, 6) is -0.723. The average Bonchev–Trinajstić information content (AvgIpc) is 2.86. The van der Waals surface area contributed by atoms with Crippen LogP contribution in [0.15, 0.2) is 42.5 Å². The quantitative estimate of drug-likeness (QED) is 0.387. The van der Waals surface area contributed by atoms with E-state index in [4.69, 9.17) is 0 Å². The predicted octanol–water partition coefficient (Wildman–Crippen LogP) is 2.88. The first-order chi connectivity index (χ1) is 17.9. The van der Waals surface area contributed by atoms with Gasteiger partial charge in [0.15, 0.2) is 0 Å². The van der Waals surface area contributed by atoms with Gasteiger partial charge in [-0.15, -0.1) is 0 Å². The van der Waals surface area contributed by atoms with E-state index < -0.39 is 17.9 Å². The van der Waals surface area contributed by atoms with Gasteiger partial charge in [-0.25, -0.2) is 4.79 Å². The molecule has 3 N–H and O–H groups in total. The standard InChI is InChI=1S/C30H40N2O4S.Li.H/c1-21-10-8-9-13-24(21)26-20-22(15-17-28(33)31-23-11-6-4-3-5-7-12-23)14-16-25(26)29(34)32-27(30(35)36)18-19-37-2;;/h8-10,13-14,16,20,23,27H,3-7,11-12,15,17-19H2,1-2H3,(H,31,33)(H,32,34)(H,35,36);;/q;+1;-1/t27-;;/m0../s1. The number of carboxylic acids is 1. The number of carbonyl (C=O) groups is 3. The van der Waals surface area contributed by atoms with E-state index >= 15 is 0 Å². The zero-order chi connectivity index (χ0) is 26.6. The van der Waals surface area contributed by atoms with Gasteiger partial charge in [-0.2, -0.15) is 11.8 Å². The van der Waals surface area contributed by atoms with Crippen LogP contribution in [0.4, 0.5) is 0 Å². The van der Waals surface area contributed by atoms with Crippen molar-refractivity contribution in [2.75, 3.05) is 12.0 Å². The first-order valence-electron chi connectivity index (χ1n) is 13.4. The fourth-order valence-electron chi connectivity index (χ4n) is 4.93. The molecule has 2 amide bonds. The van der Waals surface area contributed by atoms with Crippen LogP contribution in [0.1, 0.15) is 80.7 Å². The van der Waals surface area contributed by atoms with Crippen LogP contribution in [0.5, 0.6) is 0 Å². The van der Waals surface area contributed by atoms with Crippen molar-refractivity contribution >= 4 is 29.5 Å². The second kappa shape index (κ2) is 16.7. The number of nitrogens with one attached hydrogen (secondary N) is 2. The SMILES string of the molecule is CSCC[C@H](NC(=O)c1ccc(CCC(=O)NC2CCCCCCC2)cc1-c1ccccc1C)C(=O)O.[H-].[Li+]. The van der Waals surface area contributed by atoms with Gasteiger partial charge in [0.2, 0.25) is 5.91 Å². The third kappa shape index (κ3) is 9.84. The molecule has 1 aliphatic carbocycles. The Labute approximate surface area is 244 Å². The van der Waals surface area contributed by atoms with Crippen LogP contribution in [0.25, 0.3) is 11.1 Å². The molecule has 0 bridgehead atoms. The van der Waals surface area contributed by atoms with Crippen LogP contribution < -0.4 is 29.5 Å². The number of hydrogen-bond acceptors (Lipinski definition) is 4. The Kier molecular flexibility index (Phi) is 14.1. The van der Waals surface area contributed by atoms with Crippen LogP contribution >= 0.6 is 11.8 Å². The number of aliphatic carboxylic acids is 1. The molecule has 3 rings (SSSR count). The summed E-state index contributed by atoms with van der Waals surface area (Å²) < 4.78 is 0. The summed E-state index contributed by atoms with van der Waals surface area (Å²) in [7, 11) is 0. The Bertz CT molecular complexity index is 1080. The summed E-state index contributed by atoms with van der Waals surface area (Å²) in [6.07, 6.45) is 11.5. The molecule has 8 heteroatoms. The minimum absolute atomic E-state index is 0. The average molecular weight is 533 g/mol. The van der Waals surface area contributed by atoms with E-state index in [9.17, 15) is 19.5 Å². The van der Waals surface area contributed by atoms with E-state index in [-0.39, 0.29) is 32.2 Å².